The molecular formula is C7H3BrClNS. The molecule has 0 aliphatic heterocycles. The molecule has 1 aromatic rings. The first-order valence-corrected chi connectivity index (χ1v) is 4.79. The summed E-state index contributed by atoms with van der Waals surface area (Å²) in [4.78, 5) is 0.896. The van der Waals surface area contributed by atoms with Crippen LogP contribution >= 0.6 is 38.9 Å². The smallest absolute Gasteiger partial charge is 0.0928 e. The summed E-state index contributed by atoms with van der Waals surface area (Å²) in [5, 5.41) is 10.7. The Labute approximate surface area is 82.0 Å². The van der Waals surface area contributed by atoms with E-state index >= 15 is 0 Å². The van der Waals surface area contributed by atoms with Gasteiger partial charge in [-0.1, -0.05) is 11.6 Å². The van der Waals surface area contributed by atoms with E-state index in [0.29, 0.717) is 5.03 Å². The Hall–Kier alpha value is -0.300. The molecule has 1 rings (SSSR count). The van der Waals surface area contributed by atoms with Gasteiger partial charge in [-0.3, -0.25) is 0 Å². The summed E-state index contributed by atoms with van der Waals surface area (Å²) in [7, 11) is 0. The van der Waals surface area contributed by atoms with Gasteiger partial charge in [0.15, 0.2) is 0 Å². The SMILES string of the molecule is N#C/C=C(/Cl)c1sccc1Br. The monoisotopic (exact) mass is 247 g/mol. The van der Waals surface area contributed by atoms with Crippen molar-refractivity contribution in [2.24, 2.45) is 0 Å². The van der Waals surface area contributed by atoms with Crippen molar-refractivity contribution in [2.75, 3.05) is 0 Å². The molecule has 1 aromatic heterocycles. The Kier molecular flexibility index (Phi) is 3.13. The van der Waals surface area contributed by atoms with Crippen LogP contribution in [0.3, 0.4) is 0 Å². The summed E-state index contributed by atoms with van der Waals surface area (Å²) in [5.41, 5.74) is 0. The highest BCUT2D eigenvalue weighted by atomic mass is 79.9. The summed E-state index contributed by atoms with van der Waals surface area (Å²) in [5.74, 6) is 0. The molecule has 0 radical (unpaired) electrons. The van der Waals surface area contributed by atoms with Crippen molar-refractivity contribution >= 4 is 43.9 Å². The molecule has 0 fully saturated rings. The fraction of sp³-hybridized carbons (Fsp3) is 0. The van der Waals surface area contributed by atoms with Crippen LogP contribution in [0.4, 0.5) is 0 Å². The molecule has 11 heavy (non-hydrogen) atoms. The van der Waals surface area contributed by atoms with Crippen LogP contribution in [0.5, 0.6) is 0 Å². The zero-order valence-electron chi connectivity index (χ0n) is 5.34. The summed E-state index contributed by atoms with van der Waals surface area (Å²) in [6.45, 7) is 0. The third-order valence-electron chi connectivity index (χ3n) is 1.03. The van der Waals surface area contributed by atoms with Gasteiger partial charge in [0.25, 0.3) is 0 Å². The van der Waals surface area contributed by atoms with Crippen LogP contribution in [0.25, 0.3) is 5.03 Å². The number of rotatable bonds is 1. The van der Waals surface area contributed by atoms with Gasteiger partial charge in [0.1, 0.15) is 0 Å². The fourth-order valence-electron chi connectivity index (χ4n) is 0.586. The van der Waals surface area contributed by atoms with Crippen molar-refractivity contribution in [3.05, 3.63) is 26.9 Å². The number of thiophene rings is 1. The predicted molar refractivity (Wildman–Crippen MR) is 51.5 cm³/mol. The van der Waals surface area contributed by atoms with E-state index < -0.39 is 0 Å². The van der Waals surface area contributed by atoms with Crippen LogP contribution in [-0.2, 0) is 0 Å². The van der Waals surface area contributed by atoms with Gasteiger partial charge in [-0.2, -0.15) is 5.26 Å². The third kappa shape index (κ3) is 2.06. The van der Waals surface area contributed by atoms with Gasteiger partial charge in [-0.05, 0) is 27.4 Å². The zero-order valence-corrected chi connectivity index (χ0v) is 8.50. The van der Waals surface area contributed by atoms with Crippen LogP contribution < -0.4 is 0 Å². The predicted octanol–water partition coefficient (Wildman–Crippen LogP) is 3.61. The van der Waals surface area contributed by atoms with Crippen LogP contribution in [0.1, 0.15) is 4.88 Å². The molecule has 0 spiro atoms. The van der Waals surface area contributed by atoms with Gasteiger partial charge in [-0.25, -0.2) is 0 Å². The molecule has 0 aliphatic carbocycles. The lowest BCUT2D eigenvalue weighted by molar-refractivity contribution is 1.54. The summed E-state index contributed by atoms with van der Waals surface area (Å²) >= 11 is 10.6. The van der Waals surface area contributed by atoms with E-state index in [2.05, 4.69) is 15.9 Å². The van der Waals surface area contributed by atoms with E-state index in [-0.39, 0.29) is 0 Å². The van der Waals surface area contributed by atoms with E-state index in [0.717, 1.165) is 9.35 Å². The molecule has 0 aliphatic rings. The lowest BCUT2D eigenvalue weighted by Crippen LogP contribution is -1.67. The Morgan fingerprint density at radius 1 is 1.82 bits per heavy atom. The first-order chi connectivity index (χ1) is 5.25. The molecule has 0 atom stereocenters. The summed E-state index contributed by atoms with van der Waals surface area (Å²) in [6, 6.07) is 3.77. The first kappa shape index (κ1) is 8.79. The minimum Gasteiger partial charge on any atom is -0.193 e. The molecule has 0 bridgehead atoms. The number of allylic oxidation sites excluding steroid dienone is 1. The molecule has 0 unspecified atom stereocenters. The fourth-order valence-corrected chi connectivity index (χ4v) is 2.48. The quantitative estimate of drug-likeness (QED) is 0.697. The number of halogens is 2. The lowest BCUT2D eigenvalue weighted by Gasteiger charge is -1.90. The molecule has 0 saturated heterocycles. The number of nitrogens with zero attached hydrogens (tertiary/aromatic N) is 1. The van der Waals surface area contributed by atoms with E-state index in [1.165, 1.54) is 17.4 Å². The van der Waals surface area contributed by atoms with Gasteiger partial charge < -0.3 is 0 Å². The molecular weight excluding hydrogens is 246 g/mol. The standard InChI is InChI=1S/C7H3BrClNS/c8-5-2-4-11-7(5)6(9)1-3-10/h1-2,4H/b6-1+. The van der Waals surface area contributed by atoms with E-state index in [9.17, 15) is 0 Å². The van der Waals surface area contributed by atoms with Gasteiger partial charge in [0.05, 0.1) is 16.0 Å². The number of hydrogen-bond donors (Lipinski definition) is 0. The molecule has 1 nitrogen and oxygen atoms in total. The molecule has 4 heteroatoms. The average Bonchev–Trinajstić information content (AvgIpc) is 2.36. The van der Waals surface area contributed by atoms with Gasteiger partial charge >= 0.3 is 0 Å². The second-order valence-electron chi connectivity index (χ2n) is 1.72. The normalized spacial score (nSPS) is 11.2. The maximum Gasteiger partial charge on any atom is 0.0928 e. The maximum atomic E-state index is 8.30. The molecule has 0 aromatic carbocycles. The highest BCUT2D eigenvalue weighted by molar-refractivity contribution is 9.10. The highest BCUT2D eigenvalue weighted by Crippen LogP contribution is 2.31. The lowest BCUT2D eigenvalue weighted by atomic mass is 10.4. The summed E-state index contributed by atoms with van der Waals surface area (Å²) in [6.07, 6.45) is 1.32. The van der Waals surface area contributed by atoms with Crippen LogP contribution in [-0.4, -0.2) is 0 Å². The van der Waals surface area contributed by atoms with Crippen molar-refractivity contribution in [3.8, 4) is 6.07 Å². The Bertz CT molecular complexity index is 323. The third-order valence-corrected chi connectivity index (χ3v) is 3.31. The number of hydrogen-bond acceptors (Lipinski definition) is 2. The van der Waals surface area contributed by atoms with Crippen molar-refractivity contribution in [1.29, 1.82) is 5.26 Å². The minimum atomic E-state index is 0.481. The van der Waals surface area contributed by atoms with Gasteiger partial charge in [0, 0.05) is 10.5 Å². The highest BCUT2D eigenvalue weighted by Gasteiger charge is 2.03. The molecule has 1 heterocycles. The largest absolute Gasteiger partial charge is 0.193 e. The average molecular weight is 249 g/mol. The Balaban J connectivity index is 3.04. The van der Waals surface area contributed by atoms with Gasteiger partial charge in [0.2, 0.25) is 0 Å². The van der Waals surface area contributed by atoms with E-state index in [1.807, 2.05) is 17.5 Å². The zero-order chi connectivity index (χ0) is 8.27. The van der Waals surface area contributed by atoms with E-state index in [1.54, 1.807) is 0 Å². The van der Waals surface area contributed by atoms with Crippen molar-refractivity contribution < 1.29 is 0 Å². The molecule has 56 valence electrons. The molecule has 0 N–H and O–H groups in total. The first-order valence-electron chi connectivity index (χ1n) is 2.74. The van der Waals surface area contributed by atoms with Crippen LogP contribution in [0.15, 0.2) is 22.0 Å². The second-order valence-corrected chi connectivity index (χ2v) is 3.90. The van der Waals surface area contributed by atoms with Crippen molar-refractivity contribution in [3.63, 3.8) is 0 Å². The van der Waals surface area contributed by atoms with Crippen molar-refractivity contribution in [2.45, 2.75) is 0 Å². The van der Waals surface area contributed by atoms with Crippen LogP contribution in [0, 0.1) is 11.3 Å². The Morgan fingerprint density at radius 2 is 2.55 bits per heavy atom. The van der Waals surface area contributed by atoms with Crippen LogP contribution in [0.2, 0.25) is 0 Å². The molecule has 0 amide bonds. The maximum absolute atomic E-state index is 8.30. The van der Waals surface area contributed by atoms with Crippen molar-refractivity contribution in [1.82, 2.24) is 0 Å². The summed E-state index contributed by atoms with van der Waals surface area (Å²) < 4.78 is 0.930. The minimum absolute atomic E-state index is 0.481. The molecule has 0 saturated carbocycles. The second kappa shape index (κ2) is 3.91. The topological polar surface area (TPSA) is 23.8 Å². The number of nitriles is 1. The Morgan fingerprint density at radius 3 is 3.00 bits per heavy atom. The van der Waals surface area contributed by atoms with E-state index in [4.69, 9.17) is 16.9 Å². The van der Waals surface area contributed by atoms with Gasteiger partial charge in [-0.15, -0.1) is 11.3 Å².